The molecule has 0 radical (unpaired) electrons. The SMILES string of the molecule is Cc1cccn2c(CC(=O)N3[C@@H]4CC[C@H]3[C@@](CCC(C)C)(C(=O)NC3CC3)C4)cnc12. The van der Waals surface area contributed by atoms with E-state index in [1.54, 1.807) is 0 Å². The van der Waals surface area contributed by atoms with Gasteiger partial charge in [-0.05, 0) is 69.4 Å². The highest BCUT2D eigenvalue weighted by Gasteiger charge is 2.61. The molecule has 5 rings (SSSR count). The molecule has 3 atom stereocenters. The van der Waals surface area contributed by atoms with Gasteiger partial charge >= 0.3 is 0 Å². The number of amides is 2. The van der Waals surface area contributed by atoms with E-state index in [-0.39, 0.29) is 23.9 Å². The van der Waals surface area contributed by atoms with E-state index in [4.69, 9.17) is 0 Å². The van der Waals surface area contributed by atoms with E-state index in [0.717, 1.165) is 61.9 Å². The van der Waals surface area contributed by atoms with Gasteiger partial charge in [0.15, 0.2) is 0 Å². The first-order chi connectivity index (χ1) is 14.9. The van der Waals surface area contributed by atoms with Crippen molar-refractivity contribution in [3.63, 3.8) is 0 Å². The van der Waals surface area contributed by atoms with Crippen LogP contribution in [0.25, 0.3) is 5.65 Å². The number of carbonyl (C=O) groups is 2. The van der Waals surface area contributed by atoms with Gasteiger partial charge in [-0.1, -0.05) is 19.9 Å². The average molecular weight is 423 g/mol. The van der Waals surface area contributed by atoms with Crippen molar-refractivity contribution in [3.05, 3.63) is 35.8 Å². The smallest absolute Gasteiger partial charge is 0.229 e. The van der Waals surface area contributed by atoms with Gasteiger partial charge in [0.05, 0.1) is 17.5 Å². The fourth-order valence-electron chi connectivity index (χ4n) is 5.87. The van der Waals surface area contributed by atoms with Crippen LogP contribution in [0.15, 0.2) is 24.5 Å². The molecule has 2 saturated heterocycles. The summed E-state index contributed by atoms with van der Waals surface area (Å²) in [6, 6.07) is 4.61. The molecule has 0 unspecified atom stereocenters. The molecule has 0 aromatic carbocycles. The number of aromatic nitrogens is 2. The van der Waals surface area contributed by atoms with E-state index in [1.165, 1.54) is 0 Å². The van der Waals surface area contributed by atoms with Crippen LogP contribution in [-0.4, -0.2) is 44.2 Å². The summed E-state index contributed by atoms with van der Waals surface area (Å²) in [4.78, 5) is 33.6. The predicted molar refractivity (Wildman–Crippen MR) is 120 cm³/mol. The number of pyridine rings is 1. The molecule has 3 aliphatic rings. The molecule has 166 valence electrons. The summed E-state index contributed by atoms with van der Waals surface area (Å²) in [5.74, 6) is 0.891. The van der Waals surface area contributed by atoms with Crippen LogP contribution in [0.2, 0.25) is 0 Å². The molecule has 1 saturated carbocycles. The summed E-state index contributed by atoms with van der Waals surface area (Å²) in [7, 11) is 0. The van der Waals surface area contributed by atoms with Gasteiger partial charge in [0.25, 0.3) is 0 Å². The van der Waals surface area contributed by atoms with Crippen LogP contribution in [0, 0.1) is 18.3 Å². The zero-order valence-electron chi connectivity index (χ0n) is 18.9. The van der Waals surface area contributed by atoms with Gasteiger partial charge < -0.3 is 14.6 Å². The number of imidazole rings is 1. The second kappa shape index (κ2) is 7.64. The van der Waals surface area contributed by atoms with E-state index < -0.39 is 5.41 Å². The van der Waals surface area contributed by atoms with Crippen molar-refractivity contribution < 1.29 is 9.59 Å². The number of fused-ring (bicyclic) bond motifs is 3. The van der Waals surface area contributed by atoms with Gasteiger partial charge in [-0.2, -0.15) is 0 Å². The lowest BCUT2D eigenvalue weighted by Crippen LogP contribution is -2.50. The van der Waals surface area contributed by atoms with Gasteiger partial charge in [-0.15, -0.1) is 0 Å². The van der Waals surface area contributed by atoms with Gasteiger partial charge in [0.2, 0.25) is 11.8 Å². The molecule has 3 fully saturated rings. The molecule has 6 heteroatoms. The van der Waals surface area contributed by atoms with Crippen molar-refractivity contribution in [3.8, 4) is 0 Å². The van der Waals surface area contributed by atoms with E-state index in [0.29, 0.717) is 18.4 Å². The second-order valence-corrected chi connectivity index (χ2v) is 10.4. The molecule has 0 spiro atoms. The highest BCUT2D eigenvalue weighted by molar-refractivity contribution is 5.88. The topological polar surface area (TPSA) is 66.7 Å². The van der Waals surface area contributed by atoms with E-state index in [9.17, 15) is 9.59 Å². The minimum Gasteiger partial charge on any atom is -0.353 e. The monoisotopic (exact) mass is 422 g/mol. The molecule has 1 N–H and O–H groups in total. The second-order valence-electron chi connectivity index (χ2n) is 10.4. The molecular formula is C25H34N4O2. The Balaban J connectivity index is 1.39. The fraction of sp³-hybridized carbons (Fsp3) is 0.640. The maximum Gasteiger partial charge on any atom is 0.229 e. The summed E-state index contributed by atoms with van der Waals surface area (Å²) >= 11 is 0. The Hall–Kier alpha value is -2.37. The number of nitrogens with one attached hydrogen (secondary N) is 1. The van der Waals surface area contributed by atoms with Crippen LogP contribution < -0.4 is 5.32 Å². The zero-order chi connectivity index (χ0) is 21.8. The van der Waals surface area contributed by atoms with Crippen LogP contribution >= 0.6 is 0 Å². The third kappa shape index (κ3) is 3.54. The quantitative estimate of drug-likeness (QED) is 0.741. The molecule has 4 heterocycles. The van der Waals surface area contributed by atoms with Crippen molar-refractivity contribution in [2.75, 3.05) is 0 Å². The largest absolute Gasteiger partial charge is 0.353 e. The number of rotatable bonds is 7. The van der Waals surface area contributed by atoms with Gasteiger partial charge in [-0.25, -0.2) is 4.98 Å². The van der Waals surface area contributed by atoms with E-state index in [1.807, 2.05) is 35.9 Å². The van der Waals surface area contributed by atoms with Crippen molar-refractivity contribution in [2.45, 2.75) is 90.3 Å². The van der Waals surface area contributed by atoms with Crippen molar-refractivity contribution in [1.82, 2.24) is 19.6 Å². The fourth-order valence-corrected chi connectivity index (χ4v) is 5.87. The Bertz CT molecular complexity index is 1010. The third-order valence-corrected chi connectivity index (χ3v) is 7.70. The number of carbonyl (C=O) groups excluding carboxylic acids is 2. The van der Waals surface area contributed by atoms with E-state index >= 15 is 0 Å². The van der Waals surface area contributed by atoms with Crippen LogP contribution in [0.3, 0.4) is 0 Å². The molecule has 2 aromatic heterocycles. The third-order valence-electron chi connectivity index (χ3n) is 7.70. The summed E-state index contributed by atoms with van der Waals surface area (Å²) in [5, 5.41) is 3.29. The molecule has 2 aliphatic heterocycles. The Labute approximate surface area is 184 Å². The lowest BCUT2D eigenvalue weighted by Gasteiger charge is -2.36. The molecule has 2 bridgehead atoms. The average Bonchev–Trinajstić information content (AvgIpc) is 3.18. The summed E-state index contributed by atoms with van der Waals surface area (Å²) in [6.45, 7) is 6.47. The summed E-state index contributed by atoms with van der Waals surface area (Å²) in [5.41, 5.74) is 2.52. The van der Waals surface area contributed by atoms with Crippen LogP contribution in [-0.2, 0) is 16.0 Å². The molecule has 6 nitrogen and oxygen atoms in total. The Morgan fingerprint density at radius 2 is 2.06 bits per heavy atom. The number of nitrogens with zero attached hydrogens (tertiary/aromatic N) is 3. The molecule has 2 amide bonds. The lowest BCUT2D eigenvalue weighted by atomic mass is 9.69. The number of hydrogen-bond acceptors (Lipinski definition) is 3. The normalized spacial score (nSPS) is 27.4. The maximum absolute atomic E-state index is 13.5. The highest BCUT2D eigenvalue weighted by Crippen LogP contribution is 2.53. The molecule has 2 aromatic rings. The molecule has 31 heavy (non-hydrogen) atoms. The first kappa shape index (κ1) is 20.5. The van der Waals surface area contributed by atoms with Gasteiger partial charge in [0.1, 0.15) is 5.65 Å². The van der Waals surface area contributed by atoms with Crippen LogP contribution in [0.5, 0.6) is 0 Å². The van der Waals surface area contributed by atoms with E-state index in [2.05, 4.69) is 29.0 Å². The summed E-state index contributed by atoms with van der Waals surface area (Å²) < 4.78 is 2.02. The van der Waals surface area contributed by atoms with Crippen molar-refractivity contribution in [1.29, 1.82) is 0 Å². The van der Waals surface area contributed by atoms with Crippen LogP contribution in [0.4, 0.5) is 0 Å². The lowest BCUT2D eigenvalue weighted by molar-refractivity contribution is -0.137. The predicted octanol–water partition coefficient (Wildman–Crippen LogP) is 3.65. The van der Waals surface area contributed by atoms with Crippen LogP contribution in [0.1, 0.15) is 70.1 Å². The van der Waals surface area contributed by atoms with Crippen molar-refractivity contribution in [2.24, 2.45) is 11.3 Å². The highest BCUT2D eigenvalue weighted by atomic mass is 16.2. The first-order valence-corrected chi connectivity index (χ1v) is 11.9. The Morgan fingerprint density at radius 1 is 1.26 bits per heavy atom. The molecular weight excluding hydrogens is 388 g/mol. The number of hydrogen-bond donors (Lipinski definition) is 1. The molecule has 1 aliphatic carbocycles. The van der Waals surface area contributed by atoms with Gasteiger partial charge in [0, 0.05) is 30.5 Å². The Morgan fingerprint density at radius 3 is 2.81 bits per heavy atom. The minimum absolute atomic E-state index is 0.0309. The minimum atomic E-state index is -0.415. The zero-order valence-corrected chi connectivity index (χ0v) is 18.9. The maximum atomic E-state index is 13.5. The Kier molecular flexibility index (Phi) is 5.06. The number of aryl methyl sites for hydroxylation is 1. The van der Waals surface area contributed by atoms with Gasteiger partial charge in [-0.3, -0.25) is 9.59 Å². The first-order valence-electron chi connectivity index (χ1n) is 11.9. The summed E-state index contributed by atoms with van der Waals surface area (Å²) in [6.07, 6.45) is 11.0. The van der Waals surface area contributed by atoms with Crippen molar-refractivity contribution >= 4 is 17.5 Å². The standard InChI is InChI=1S/C25H34N4O2/c1-16(2)10-11-25(24(31)27-18-6-7-18)14-19-8-9-21(25)29(19)22(30)13-20-15-26-23-17(3)5-4-12-28(20)23/h4-5,12,15-16,18-19,21H,6-11,13-14H2,1-3H3,(H,27,31)/t19-,21+,25+/m1/s1.